The van der Waals surface area contributed by atoms with Crippen LogP contribution in [0.1, 0.15) is 37.8 Å². The van der Waals surface area contributed by atoms with Crippen LogP contribution in [0, 0.1) is 0 Å². The maximum absolute atomic E-state index is 14.0. The second-order valence-corrected chi connectivity index (χ2v) is 11.8. The van der Waals surface area contributed by atoms with Crippen LogP contribution in [0.5, 0.6) is 0 Å². The molecule has 226 valence electrons. The highest BCUT2D eigenvalue weighted by Gasteiger charge is 2.36. The highest BCUT2D eigenvalue weighted by atomic mass is 35.5. The summed E-state index contributed by atoms with van der Waals surface area (Å²) in [6.45, 7) is 3.16. The number of hydrogen-bond donors (Lipinski definition) is 1. The molecule has 0 aliphatic carbocycles. The van der Waals surface area contributed by atoms with Gasteiger partial charge in [-0.05, 0) is 55.2 Å². The molecule has 42 heavy (non-hydrogen) atoms. The van der Waals surface area contributed by atoms with Crippen LogP contribution in [0.15, 0.2) is 83.8 Å². The first-order valence-corrected chi connectivity index (χ1v) is 15.3. The first-order chi connectivity index (χ1) is 19.9. The molecule has 7 nitrogen and oxygen atoms in total. The summed E-state index contributed by atoms with van der Waals surface area (Å²) in [4.78, 5) is 28.1. The van der Waals surface area contributed by atoms with Crippen LogP contribution in [-0.4, -0.2) is 50.8 Å². The van der Waals surface area contributed by atoms with Crippen molar-refractivity contribution in [1.82, 2.24) is 10.2 Å². The Morgan fingerprint density at radius 3 is 2.14 bits per heavy atom. The lowest BCUT2D eigenvalue weighted by Gasteiger charge is -2.33. The van der Waals surface area contributed by atoms with Gasteiger partial charge in [-0.1, -0.05) is 74.0 Å². The molecule has 0 radical (unpaired) electrons. The smallest absolute Gasteiger partial charge is 0.354 e. The van der Waals surface area contributed by atoms with Crippen molar-refractivity contribution in [1.29, 1.82) is 0 Å². The fourth-order valence-corrected chi connectivity index (χ4v) is 6.09. The van der Waals surface area contributed by atoms with Crippen molar-refractivity contribution in [3.8, 4) is 0 Å². The van der Waals surface area contributed by atoms with Crippen LogP contribution in [0.3, 0.4) is 0 Å². The van der Waals surface area contributed by atoms with Crippen molar-refractivity contribution < 1.29 is 31.2 Å². The Labute approximate surface area is 249 Å². The summed E-state index contributed by atoms with van der Waals surface area (Å²) in [6, 6.07) is 17.6. The van der Waals surface area contributed by atoms with Crippen LogP contribution in [0.25, 0.3) is 0 Å². The van der Waals surface area contributed by atoms with E-state index in [0.29, 0.717) is 29.8 Å². The molecule has 3 rings (SSSR count). The molecule has 1 N–H and O–H groups in total. The topological polar surface area (TPSA) is 86.8 Å². The van der Waals surface area contributed by atoms with Gasteiger partial charge in [0.15, 0.2) is 0 Å². The van der Waals surface area contributed by atoms with Crippen molar-refractivity contribution in [2.75, 3.05) is 23.9 Å². The quantitative estimate of drug-likeness (QED) is 0.256. The number of amides is 2. The van der Waals surface area contributed by atoms with Gasteiger partial charge in [0, 0.05) is 13.1 Å². The zero-order valence-electron chi connectivity index (χ0n) is 23.3. The minimum absolute atomic E-state index is 0.0659. The average molecular weight is 624 g/mol. The minimum atomic E-state index is -4.79. The van der Waals surface area contributed by atoms with Crippen LogP contribution in [-0.2, 0) is 32.2 Å². The van der Waals surface area contributed by atoms with Crippen molar-refractivity contribution in [2.24, 2.45) is 0 Å². The number of anilines is 1. The van der Waals surface area contributed by atoms with Crippen LogP contribution in [0.4, 0.5) is 18.9 Å². The summed E-state index contributed by atoms with van der Waals surface area (Å²) in [7, 11) is -4.57. The van der Waals surface area contributed by atoms with E-state index in [9.17, 15) is 31.2 Å². The Morgan fingerprint density at radius 1 is 0.952 bits per heavy atom. The second-order valence-electron chi connectivity index (χ2n) is 9.53. The van der Waals surface area contributed by atoms with Gasteiger partial charge in [0.05, 0.1) is 21.2 Å². The maximum atomic E-state index is 14.0. The Bertz CT molecular complexity index is 1460. The van der Waals surface area contributed by atoms with Crippen LogP contribution >= 0.6 is 11.6 Å². The minimum Gasteiger partial charge on any atom is -0.354 e. The predicted octanol–water partition coefficient (Wildman–Crippen LogP) is 5.93. The largest absolute Gasteiger partial charge is 0.416 e. The van der Waals surface area contributed by atoms with E-state index in [2.05, 4.69) is 5.32 Å². The lowest BCUT2D eigenvalue weighted by Crippen LogP contribution is -2.53. The number of nitrogens with zero attached hydrogens (tertiary/aromatic N) is 2. The first-order valence-electron chi connectivity index (χ1n) is 13.5. The van der Waals surface area contributed by atoms with Crippen LogP contribution in [0.2, 0.25) is 5.02 Å². The summed E-state index contributed by atoms with van der Waals surface area (Å²) < 4.78 is 69.2. The zero-order chi connectivity index (χ0) is 30.9. The average Bonchev–Trinajstić information content (AvgIpc) is 2.97. The number of carbonyl (C=O) groups excluding carboxylic acids is 2. The van der Waals surface area contributed by atoms with Gasteiger partial charge in [0.1, 0.15) is 12.6 Å². The van der Waals surface area contributed by atoms with Gasteiger partial charge in [-0.25, -0.2) is 8.42 Å². The summed E-state index contributed by atoms with van der Waals surface area (Å²) in [5, 5.41) is 2.49. The van der Waals surface area contributed by atoms with Crippen molar-refractivity contribution >= 4 is 39.1 Å². The van der Waals surface area contributed by atoms with Gasteiger partial charge in [-0.3, -0.25) is 13.9 Å². The second kappa shape index (κ2) is 14.6. The number of hydrogen-bond acceptors (Lipinski definition) is 4. The van der Waals surface area contributed by atoms with Crippen molar-refractivity contribution in [2.45, 2.75) is 50.2 Å². The van der Waals surface area contributed by atoms with E-state index in [1.165, 1.54) is 29.2 Å². The van der Waals surface area contributed by atoms with Crippen molar-refractivity contribution in [3.63, 3.8) is 0 Å². The molecule has 0 bridgehead atoms. The zero-order valence-corrected chi connectivity index (χ0v) is 24.8. The number of alkyl halides is 3. The Balaban J connectivity index is 2.09. The van der Waals surface area contributed by atoms with Gasteiger partial charge < -0.3 is 10.2 Å². The third-order valence-electron chi connectivity index (χ3n) is 6.57. The normalized spacial score (nSPS) is 12.4. The van der Waals surface area contributed by atoms with Crippen LogP contribution < -0.4 is 9.62 Å². The highest BCUT2D eigenvalue weighted by molar-refractivity contribution is 7.92. The monoisotopic (exact) mass is 623 g/mol. The van der Waals surface area contributed by atoms with E-state index in [1.54, 1.807) is 13.0 Å². The van der Waals surface area contributed by atoms with Gasteiger partial charge in [0.2, 0.25) is 11.8 Å². The molecule has 0 aromatic heterocycles. The summed E-state index contributed by atoms with van der Waals surface area (Å²) >= 11 is 6.27. The van der Waals surface area contributed by atoms with Gasteiger partial charge in [0.25, 0.3) is 10.0 Å². The number of rotatable bonds is 13. The lowest BCUT2D eigenvalue weighted by atomic mass is 10.1. The molecule has 0 spiro atoms. The maximum Gasteiger partial charge on any atom is 0.416 e. The molecule has 1 atom stereocenters. The summed E-state index contributed by atoms with van der Waals surface area (Å²) in [5.74, 6) is -1.17. The SMILES string of the molecule is CCCNC(=O)C(CC)N(CCc1ccccc1)C(=O)CN(c1cc(C(F)(F)F)ccc1Cl)S(=O)(=O)c1ccccc1. The molecule has 3 aromatic carbocycles. The number of halogens is 4. The Hall–Kier alpha value is -3.57. The Morgan fingerprint density at radius 2 is 1.57 bits per heavy atom. The molecule has 0 aliphatic heterocycles. The molecular weight excluding hydrogens is 591 g/mol. The van der Waals surface area contributed by atoms with E-state index in [4.69, 9.17) is 11.6 Å². The molecule has 3 aromatic rings. The number of sulfonamides is 1. The fourth-order valence-electron chi connectivity index (χ4n) is 4.38. The Kier molecular flexibility index (Phi) is 11.4. The molecule has 0 fully saturated rings. The third-order valence-corrected chi connectivity index (χ3v) is 8.67. The van der Waals surface area contributed by atoms with Gasteiger partial charge in [-0.15, -0.1) is 0 Å². The molecule has 12 heteroatoms. The van der Waals surface area contributed by atoms with Gasteiger partial charge >= 0.3 is 6.18 Å². The molecule has 0 heterocycles. The number of benzene rings is 3. The van der Waals surface area contributed by atoms with Gasteiger partial charge in [-0.2, -0.15) is 13.2 Å². The molecular formula is C30H33ClF3N3O4S. The third kappa shape index (κ3) is 8.25. The number of nitrogens with one attached hydrogen (secondary N) is 1. The number of carbonyl (C=O) groups is 2. The van der Waals surface area contributed by atoms with E-state index in [0.717, 1.165) is 17.7 Å². The van der Waals surface area contributed by atoms with E-state index < -0.39 is 51.9 Å². The molecule has 0 saturated heterocycles. The lowest BCUT2D eigenvalue weighted by molar-refractivity contribution is -0.139. The highest BCUT2D eigenvalue weighted by Crippen LogP contribution is 2.37. The van der Waals surface area contributed by atoms with E-state index in [-0.39, 0.29) is 22.9 Å². The fraction of sp³-hybridized carbons (Fsp3) is 0.333. The molecule has 2 amide bonds. The predicted molar refractivity (Wildman–Crippen MR) is 157 cm³/mol. The first kappa shape index (κ1) is 32.9. The van der Waals surface area contributed by atoms with Crippen molar-refractivity contribution in [3.05, 3.63) is 95.0 Å². The molecule has 0 saturated carbocycles. The van der Waals surface area contributed by atoms with E-state index >= 15 is 0 Å². The summed E-state index contributed by atoms with van der Waals surface area (Å²) in [6.07, 6.45) is -3.54. The van der Waals surface area contributed by atoms with E-state index in [1.807, 2.05) is 37.3 Å². The summed E-state index contributed by atoms with van der Waals surface area (Å²) in [5.41, 5.74) is -0.752. The molecule has 1 unspecified atom stereocenters. The molecule has 0 aliphatic rings. The standard InChI is InChI=1S/C30H33ClF3N3O4S/c1-3-18-35-29(39)26(4-2)36(19-17-22-11-7-5-8-12-22)28(38)21-37(42(40,41)24-13-9-6-10-14-24)27-20-23(30(32,33)34)15-16-25(27)31/h5-16,20,26H,3-4,17-19,21H2,1-2H3,(H,35,39).